The van der Waals surface area contributed by atoms with Crippen LogP contribution in [0.4, 0.5) is 0 Å². The molecule has 2 rings (SSSR count). The smallest absolute Gasteiger partial charge is 0.234 e. The van der Waals surface area contributed by atoms with Crippen molar-refractivity contribution in [3.63, 3.8) is 0 Å². The summed E-state index contributed by atoms with van der Waals surface area (Å²) in [6.07, 6.45) is 6.91. The van der Waals surface area contributed by atoms with Gasteiger partial charge in [0, 0.05) is 50.7 Å². The summed E-state index contributed by atoms with van der Waals surface area (Å²) in [5, 5.41) is 2.94. The lowest BCUT2D eigenvalue weighted by Crippen LogP contribution is -2.38. The van der Waals surface area contributed by atoms with Gasteiger partial charge < -0.3 is 10.2 Å². The Morgan fingerprint density at radius 1 is 1.50 bits per heavy atom. The van der Waals surface area contributed by atoms with Gasteiger partial charge in [-0.05, 0) is 20.5 Å². The van der Waals surface area contributed by atoms with Crippen LogP contribution in [0.3, 0.4) is 0 Å². The van der Waals surface area contributed by atoms with Crippen molar-refractivity contribution in [2.45, 2.75) is 18.9 Å². The highest BCUT2D eigenvalue weighted by molar-refractivity contribution is 5.78. The van der Waals surface area contributed by atoms with Crippen LogP contribution in [0.15, 0.2) is 18.6 Å². The van der Waals surface area contributed by atoms with Crippen LogP contribution in [0.5, 0.6) is 0 Å². The van der Waals surface area contributed by atoms with Gasteiger partial charge in [-0.2, -0.15) is 0 Å². The molecule has 6 nitrogen and oxygen atoms in total. The van der Waals surface area contributed by atoms with Crippen molar-refractivity contribution >= 4 is 5.91 Å². The van der Waals surface area contributed by atoms with Crippen LogP contribution in [0.25, 0.3) is 0 Å². The maximum absolute atomic E-state index is 11.9. The molecule has 1 aliphatic rings. The summed E-state index contributed by atoms with van der Waals surface area (Å²) in [6, 6.07) is 0.572. The zero-order chi connectivity index (χ0) is 14.4. The molecule has 0 saturated carbocycles. The van der Waals surface area contributed by atoms with Crippen molar-refractivity contribution < 1.29 is 4.79 Å². The van der Waals surface area contributed by atoms with E-state index in [4.69, 9.17) is 0 Å². The average molecular weight is 277 g/mol. The third-order valence-electron chi connectivity index (χ3n) is 3.66. The maximum atomic E-state index is 11.9. The van der Waals surface area contributed by atoms with E-state index >= 15 is 0 Å². The number of nitrogens with zero attached hydrogens (tertiary/aromatic N) is 4. The first-order valence-corrected chi connectivity index (χ1v) is 7.05. The number of hydrogen-bond donors (Lipinski definition) is 1. The minimum Gasteiger partial charge on any atom is -0.355 e. The number of amides is 1. The number of rotatable bonds is 6. The minimum absolute atomic E-state index is 0.0910. The zero-order valence-electron chi connectivity index (χ0n) is 12.2. The summed E-state index contributed by atoms with van der Waals surface area (Å²) in [5.41, 5.74) is 0.904. The Morgan fingerprint density at radius 3 is 3.00 bits per heavy atom. The first kappa shape index (κ1) is 14.9. The third kappa shape index (κ3) is 4.54. The molecule has 1 atom stereocenters. The van der Waals surface area contributed by atoms with Gasteiger partial charge in [0.1, 0.15) is 0 Å². The topological polar surface area (TPSA) is 61.4 Å². The fourth-order valence-electron chi connectivity index (χ4n) is 2.43. The van der Waals surface area contributed by atoms with Crippen LogP contribution in [-0.2, 0) is 11.2 Å². The monoisotopic (exact) mass is 277 g/mol. The van der Waals surface area contributed by atoms with Crippen molar-refractivity contribution in [3.05, 3.63) is 24.3 Å². The van der Waals surface area contributed by atoms with Gasteiger partial charge in [-0.3, -0.25) is 19.7 Å². The Hall–Kier alpha value is -1.53. The van der Waals surface area contributed by atoms with Crippen molar-refractivity contribution in [3.8, 4) is 0 Å². The van der Waals surface area contributed by atoms with Gasteiger partial charge in [0.2, 0.25) is 5.91 Å². The molecule has 20 heavy (non-hydrogen) atoms. The van der Waals surface area contributed by atoms with Crippen molar-refractivity contribution in [2.24, 2.45) is 0 Å². The van der Waals surface area contributed by atoms with E-state index in [1.54, 1.807) is 18.6 Å². The van der Waals surface area contributed by atoms with E-state index in [9.17, 15) is 4.79 Å². The quantitative estimate of drug-likeness (QED) is 0.778. The van der Waals surface area contributed by atoms with Gasteiger partial charge in [-0.1, -0.05) is 0 Å². The molecule has 6 heteroatoms. The highest BCUT2D eigenvalue weighted by Crippen LogP contribution is 2.12. The van der Waals surface area contributed by atoms with E-state index in [1.807, 2.05) is 0 Å². The molecule has 1 aromatic heterocycles. The normalized spacial score (nSPS) is 19.4. The lowest BCUT2D eigenvalue weighted by atomic mass is 10.2. The van der Waals surface area contributed by atoms with Gasteiger partial charge in [0.25, 0.3) is 0 Å². The van der Waals surface area contributed by atoms with E-state index in [1.165, 1.54) is 0 Å². The number of carbonyl (C=O) groups is 1. The Balaban J connectivity index is 1.64. The first-order valence-electron chi connectivity index (χ1n) is 7.05. The first-order chi connectivity index (χ1) is 9.65. The number of aromatic nitrogens is 2. The number of hydrogen-bond acceptors (Lipinski definition) is 5. The SMILES string of the molecule is CN(C)[C@@H]1CCN(CC(=O)NCCc2cnccn2)C1. The van der Waals surface area contributed by atoms with E-state index in [-0.39, 0.29) is 5.91 Å². The molecule has 110 valence electrons. The molecule has 0 unspecified atom stereocenters. The second kappa shape index (κ2) is 7.31. The number of likely N-dealkylation sites (N-methyl/N-ethyl adjacent to an activating group) is 1. The van der Waals surface area contributed by atoms with E-state index in [0.29, 0.717) is 19.1 Å². The fraction of sp³-hybridized carbons (Fsp3) is 0.643. The van der Waals surface area contributed by atoms with Crippen LogP contribution in [-0.4, -0.2) is 72.0 Å². The predicted octanol–water partition coefficient (Wildman–Crippen LogP) is -0.229. The van der Waals surface area contributed by atoms with E-state index in [0.717, 1.165) is 31.6 Å². The molecule has 1 saturated heterocycles. The molecule has 1 amide bonds. The average Bonchev–Trinajstić information content (AvgIpc) is 2.88. The van der Waals surface area contributed by atoms with Crippen LogP contribution >= 0.6 is 0 Å². The molecule has 0 bridgehead atoms. The third-order valence-corrected chi connectivity index (χ3v) is 3.66. The van der Waals surface area contributed by atoms with Gasteiger partial charge in [0.15, 0.2) is 0 Å². The van der Waals surface area contributed by atoms with Gasteiger partial charge in [-0.15, -0.1) is 0 Å². The van der Waals surface area contributed by atoms with Crippen molar-refractivity contribution in [1.29, 1.82) is 0 Å². The Kier molecular flexibility index (Phi) is 5.43. The molecule has 1 N–H and O–H groups in total. The standard InChI is InChI=1S/C14H23N5O/c1-18(2)13-4-8-19(10-13)11-14(20)17-5-3-12-9-15-6-7-16-12/h6-7,9,13H,3-5,8,10-11H2,1-2H3,(H,17,20)/t13-/m1/s1. The van der Waals surface area contributed by atoms with Crippen LogP contribution in [0, 0.1) is 0 Å². The molecule has 1 aliphatic heterocycles. The summed E-state index contributed by atoms with van der Waals surface area (Å²) >= 11 is 0. The summed E-state index contributed by atoms with van der Waals surface area (Å²) in [5.74, 6) is 0.0910. The number of carbonyl (C=O) groups excluding carboxylic acids is 1. The Labute approximate surface area is 120 Å². The predicted molar refractivity (Wildman–Crippen MR) is 77.3 cm³/mol. The second-order valence-corrected chi connectivity index (χ2v) is 5.44. The summed E-state index contributed by atoms with van der Waals surface area (Å²) < 4.78 is 0. The molecule has 0 spiro atoms. The van der Waals surface area contributed by atoms with Crippen molar-refractivity contribution in [1.82, 2.24) is 25.1 Å². The van der Waals surface area contributed by atoms with E-state index in [2.05, 4.69) is 39.2 Å². The van der Waals surface area contributed by atoms with Gasteiger partial charge in [-0.25, -0.2) is 0 Å². The van der Waals surface area contributed by atoms with Crippen LogP contribution in [0.1, 0.15) is 12.1 Å². The molecule has 0 aliphatic carbocycles. The Morgan fingerprint density at radius 2 is 2.35 bits per heavy atom. The lowest BCUT2D eigenvalue weighted by molar-refractivity contribution is -0.122. The Bertz CT molecular complexity index is 423. The van der Waals surface area contributed by atoms with Crippen molar-refractivity contribution in [2.75, 3.05) is 40.3 Å². The lowest BCUT2D eigenvalue weighted by Gasteiger charge is -2.20. The second-order valence-electron chi connectivity index (χ2n) is 5.44. The highest BCUT2D eigenvalue weighted by atomic mass is 16.2. The molecule has 1 fully saturated rings. The molecule has 2 heterocycles. The number of nitrogens with one attached hydrogen (secondary N) is 1. The summed E-state index contributed by atoms with van der Waals surface area (Å²) in [7, 11) is 4.18. The maximum Gasteiger partial charge on any atom is 0.234 e. The zero-order valence-corrected chi connectivity index (χ0v) is 12.2. The fourth-order valence-corrected chi connectivity index (χ4v) is 2.43. The molecule has 0 radical (unpaired) electrons. The number of likely N-dealkylation sites (tertiary alicyclic amines) is 1. The summed E-state index contributed by atoms with van der Waals surface area (Å²) in [6.45, 7) is 3.08. The molecule has 1 aromatic rings. The minimum atomic E-state index is 0.0910. The van der Waals surface area contributed by atoms with Crippen LogP contribution in [0.2, 0.25) is 0 Å². The van der Waals surface area contributed by atoms with Crippen LogP contribution < -0.4 is 5.32 Å². The largest absolute Gasteiger partial charge is 0.355 e. The van der Waals surface area contributed by atoms with E-state index < -0.39 is 0 Å². The van der Waals surface area contributed by atoms with Gasteiger partial charge in [0.05, 0.1) is 12.2 Å². The molecular formula is C14H23N5O. The highest BCUT2D eigenvalue weighted by Gasteiger charge is 2.24. The summed E-state index contributed by atoms with van der Waals surface area (Å²) in [4.78, 5) is 24.5. The van der Waals surface area contributed by atoms with Gasteiger partial charge >= 0.3 is 0 Å². The molecule has 0 aromatic carbocycles. The molecular weight excluding hydrogens is 254 g/mol.